The Kier molecular flexibility index (Phi) is 3.04. The number of aromatic nitrogens is 2. The standard InChI is InChI=1S/C7H14N4O/c1-4-9-7-11-10-6(12-7)5(2)8-3/h5,8H,4H2,1-3H3,(H,9,11). The summed E-state index contributed by atoms with van der Waals surface area (Å²) in [7, 11) is 1.85. The summed E-state index contributed by atoms with van der Waals surface area (Å²) < 4.78 is 5.28. The summed E-state index contributed by atoms with van der Waals surface area (Å²) in [6, 6.07) is 0.583. The molecule has 1 unspecified atom stereocenters. The van der Waals surface area contributed by atoms with Gasteiger partial charge in [0.2, 0.25) is 5.89 Å². The topological polar surface area (TPSA) is 63.0 Å². The van der Waals surface area contributed by atoms with Crippen LogP contribution in [-0.4, -0.2) is 23.8 Å². The third kappa shape index (κ3) is 1.94. The molecule has 0 aliphatic heterocycles. The van der Waals surface area contributed by atoms with Crippen molar-refractivity contribution in [1.82, 2.24) is 15.5 Å². The second kappa shape index (κ2) is 4.06. The van der Waals surface area contributed by atoms with E-state index in [0.29, 0.717) is 11.9 Å². The molecule has 0 bridgehead atoms. The molecule has 2 N–H and O–H groups in total. The molecule has 1 aromatic rings. The van der Waals surface area contributed by atoms with E-state index in [1.54, 1.807) is 0 Å². The Labute approximate surface area is 71.6 Å². The van der Waals surface area contributed by atoms with Crippen LogP contribution in [0.3, 0.4) is 0 Å². The van der Waals surface area contributed by atoms with Gasteiger partial charge in [0.15, 0.2) is 0 Å². The van der Waals surface area contributed by atoms with Gasteiger partial charge in [-0.3, -0.25) is 0 Å². The van der Waals surface area contributed by atoms with Gasteiger partial charge in [0.25, 0.3) is 0 Å². The Morgan fingerprint density at radius 1 is 1.50 bits per heavy atom. The van der Waals surface area contributed by atoms with Crippen LogP contribution in [0.5, 0.6) is 0 Å². The smallest absolute Gasteiger partial charge is 0.315 e. The number of rotatable bonds is 4. The quantitative estimate of drug-likeness (QED) is 0.699. The normalized spacial score (nSPS) is 12.9. The number of anilines is 1. The molecule has 0 saturated heterocycles. The highest BCUT2D eigenvalue weighted by molar-refractivity contribution is 5.16. The molecular weight excluding hydrogens is 156 g/mol. The molecule has 0 aliphatic carbocycles. The van der Waals surface area contributed by atoms with E-state index in [1.807, 2.05) is 20.9 Å². The lowest BCUT2D eigenvalue weighted by molar-refractivity contribution is 0.441. The molecule has 5 heteroatoms. The van der Waals surface area contributed by atoms with Crippen molar-refractivity contribution >= 4 is 6.01 Å². The zero-order valence-corrected chi connectivity index (χ0v) is 7.59. The van der Waals surface area contributed by atoms with Crippen LogP contribution in [0.4, 0.5) is 6.01 Å². The summed E-state index contributed by atoms with van der Waals surface area (Å²) >= 11 is 0. The van der Waals surface area contributed by atoms with E-state index in [1.165, 1.54) is 0 Å². The largest absolute Gasteiger partial charge is 0.406 e. The molecule has 5 nitrogen and oxygen atoms in total. The number of nitrogens with zero attached hydrogens (tertiary/aromatic N) is 2. The van der Waals surface area contributed by atoms with Crippen molar-refractivity contribution in [3.63, 3.8) is 0 Å². The highest BCUT2D eigenvalue weighted by Crippen LogP contribution is 2.12. The monoisotopic (exact) mass is 170 g/mol. The van der Waals surface area contributed by atoms with Crippen molar-refractivity contribution in [1.29, 1.82) is 0 Å². The fraction of sp³-hybridized carbons (Fsp3) is 0.714. The average molecular weight is 170 g/mol. The van der Waals surface area contributed by atoms with Crippen molar-refractivity contribution in [2.45, 2.75) is 19.9 Å². The zero-order valence-electron chi connectivity index (χ0n) is 7.59. The van der Waals surface area contributed by atoms with E-state index >= 15 is 0 Å². The van der Waals surface area contributed by atoms with E-state index < -0.39 is 0 Å². The van der Waals surface area contributed by atoms with Crippen LogP contribution < -0.4 is 10.6 Å². The average Bonchev–Trinajstić information content (AvgIpc) is 2.52. The molecule has 0 fully saturated rings. The zero-order chi connectivity index (χ0) is 8.97. The van der Waals surface area contributed by atoms with Gasteiger partial charge >= 0.3 is 6.01 Å². The van der Waals surface area contributed by atoms with Crippen molar-refractivity contribution in [3.8, 4) is 0 Å². The highest BCUT2D eigenvalue weighted by atomic mass is 16.4. The fourth-order valence-corrected chi connectivity index (χ4v) is 0.756. The van der Waals surface area contributed by atoms with Crippen LogP contribution in [-0.2, 0) is 0 Å². The van der Waals surface area contributed by atoms with Crippen molar-refractivity contribution in [2.24, 2.45) is 0 Å². The number of nitrogens with one attached hydrogen (secondary N) is 2. The first-order valence-electron chi connectivity index (χ1n) is 4.02. The maximum atomic E-state index is 5.28. The Hall–Kier alpha value is -1.10. The van der Waals surface area contributed by atoms with Crippen LogP contribution in [0.15, 0.2) is 4.42 Å². The summed E-state index contributed by atoms with van der Waals surface area (Å²) in [6.07, 6.45) is 0. The minimum absolute atomic E-state index is 0.102. The summed E-state index contributed by atoms with van der Waals surface area (Å²) in [4.78, 5) is 0. The summed E-state index contributed by atoms with van der Waals surface area (Å²) in [5, 5.41) is 13.6. The van der Waals surface area contributed by atoms with Gasteiger partial charge in [-0.1, -0.05) is 5.10 Å². The third-order valence-corrected chi connectivity index (χ3v) is 1.57. The van der Waals surface area contributed by atoms with Crippen LogP contribution >= 0.6 is 0 Å². The van der Waals surface area contributed by atoms with Gasteiger partial charge < -0.3 is 15.1 Å². The number of hydrogen-bond acceptors (Lipinski definition) is 5. The maximum Gasteiger partial charge on any atom is 0.315 e. The first-order chi connectivity index (χ1) is 5.77. The van der Waals surface area contributed by atoms with Crippen molar-refractivity contribution in [2.75, 3.05) is 18.9 Å². The van der Waals surface area contributed by atoms with Crippen molar-refractivity contribution < 1.29 is 4.42 Å². The van der Waals surface area contributed by atoms with E-state index in [9.17, 15) is 0 Å². The van der Waals surface area contributed by atoms with Gasteiger partial charge in [0.05, 0.1) is 6.04 Å². The van der Waals surface area contributed by atoms with Gasteiger partial charge in [0, 0.05) is 6.54 Å². The lowest BCUT2D eigenvalue weighted by atomic mass is 10.3. The molecule has 0 amide bonds. The molecule has 68 valence electrons. The SMILES string of the molecule is CCNc1nnc(C(C)NC)o1. The first kappa shape index (κ1) is 8.99. The molecule has 0 spiro atoms. The van der Waals surface area contributed by atoms with Gasteiger partial charge in [-0.05, 0) is 20.9 Å². The predicted molar refractivity (Wildman–Crippen MR) is 45.9 cm³/mol. The molecule has 12 heavy (non-hydrogen) atoms. The van der Waals surface area contributed by atoms with E-state index in [0.717, 1.165) is 6.54 Å². The Bertz CT molecular complexity index is 235. The molecule has 1 rings (SSSR count). The van der Waals surface area contributed by atoms with Gasteiger partial charge in [-0.2, -0.15) is 0 Å². The minimum atomic E-state index is 0.102. The van der Waals surface area contributed by atoms with E-state index in [4.69, 9.17) is 4.42 Å². The summed E-state index contributed by atoms with van der Waals surface area (Å²) in [5.74, 6) is 0.605. The summed E-state index contributed by atoms with van der Waals surface area (Å²) in [5.41, 5.74) is 0. The predicted octanol–water partition coefficient (Wildman–Crippen LogP) is 0.782. The minimum Gasteiger partial charge on any atom is -0.406 e. The number of hydrogen-bond donors (Lipinski definition) is 2. The highest BCUT2D eigenvalue weighted by Gasteiger charge is 2.10. The fourth-order valence-electron chi connectivity index (χ4n) is 0.756. The third-order valence-electron chi connectivity index (χ3n) is 1.57. The van der Waals surface area contributed by atoms with Gasteiger partial charge in [-0.15, -0.1) is 5.10 Å². The summed E-state index contributed by atoms with van der Waals surface area (Å²) in [6.45, 7) is 4.73. The van der Waals surface area contributed by atoms with E-state index in [2.05, 4.69) is 20.8 Å². The molecule has 1 atom stereocenters. The first-order valence-corrected chi connectivity index (χ1v) is 4.02. The molecule has 0 aliphatic rings. The van der Waals surface area contributed by atoms with Gasteiger partial charge in [-0.25, -0.2) is 0 Å². The van der Waals surface area contributed by atoms with E-state index in [-0.39, 0.29) is 6.04 Å². The lowest BCUT2D eigenvalue weighted by Crippen LogP contribution is -2.12. The molecule has 0 radical (unpaired) electrons. The maximum absolute atomic E-state index is 5.28. The molecule has 1 heterocycles. The van der Waals surface area contributed by atoms with Crippen molar-refractivity contribution in [3.05, 3.63) is 5.89 Å². The molecule has 0 saturated carbocycles. The Morgan fingerprint density at radius 3 is 2.83 bits per heavy atom. The Balaban J connectivity index is 2.63. The Morgan fingerprint density at radius 2 is 2.25 bits per heavy atom. The van der Waals surface area contributed by atoms with Crippen LogP contribution in [0, 0.1) is 0 Å². The van der Waals surface area contributed by atoms with Crippen LogP contribution in [0.25, 0.3) is 0 Å². The lowest BCUT2D eigenvalue weighted by Gasteiger charge is -2.02. The molecule has 1 aromatic heterocycles. The van der Waals surface area contributed by atoms with Gasteiger partial charge in [0.1, 0.15) is 0 Å². The molecular formula is C7H14N4O. The van der Waals surface area contributed by atoms with Crippen LogP contribution in [0.1, 0.15) is 25.8 Å². The second-order valence-electron chi connectivity index (χ2n) is 2.49. The van der Waals surface area contributed by atoms with Crippen LogP contribution in [0.2, 0.25) is 0 Å². The second-order valence-corrected chi connectivity index (χ2v) is 2.49. The molecule has 0 aromatic carbocycles.